The Morgan fingerprint density at radius 3 is 2.53 bits per heavy atom. The molecule has 0 bridgehead atoms. The summed E-state index contributed by atoms with van der Waals surface area (Å²) in [5.41, 5.74) is -1.23. The molecule has 0 aliphatic rings. The minimum atomic E-state index is -3.88. The van der Waals surface area contributed by atoms with Crippen LogP contribution in [0.15, 0.2) is 18.3 Å². The molecule has 1 aromatic heterocycles. The van der Waals surface area contributed by atoms with E-state index in [1.807, 2.05) is 6.07 Å². The van der Waals surface area contributed by atoms with E-state index in [9.17, 15) is 13.5 Å². The van der Waals surface area contributed by atoms with E-state index in [1.165, 1.54) is 32.2 Å². The highest BCUT2D eigenvalue weighted by Crippen LogP contribution is 2.26. The number of pyridine rings is 1. The highest BCUT2D eigenvalue weighted by atomic mass is 32.2. The molecule has 0 radical (unpaired) electrons. The van der Waals surface area contributed by atoms with Crippen molar-refractivity contribution in [1.29, 1.82) is 5.26 Å². The second-order valence-electron chi connectivity index (χ2n) is 3.92. The maximum absolute atomic E-state index is 11.2. The summed E-state index contributed by atoms with van der Waals surface area (Å²) in [7, 11) is -3.88. The molecule has 6 nitrogen and oxygen atoms in total. The van der Waals surface area contributed by atoms with Gasteiger partial charge in [-0.2, -0.15) is 5.26 Å². The molecular weight excluding hydrogens is 242 g/mol. The van der Waals surface area contributed by atoms with Gasteiger partial charge >= 0.3 is 0 Å². The Bertz CT molecular complexity index is 543. The summed E-state index contributed by atoms with van der Waals surface area (Å²) in [6.07, 6.45) is 1.26. The van der Waals surface area contributed by atoms with Crippen LogP contribution in [0.4, 0.5) is 0 Å². The predicted molar refractivity (Wildman–Crippen MR) is 61.1 cm³/mol. The molecule has 0 spiro atoms. The van der Waals surface area contributed by atoms with Gasteiger partial charge in [0.25, 0.3) is 0 Å². The first-order chi connectivity index (χ1) is 7.69. The van der Waals surface area contributed by atoms with E-state index in [1.54, 1.807) is 0 Å². The highest BCUT2D eigenvalue weighted by Gasteiger charge is 2.38. The van der Waals surface area contributed by atoms with Crippen molar-refractivity contribution in [3.05, 3.63) is 29.6 Å². The lowest BCUT2D eigenvalue weighted by Gasteiger charge is -2.27. The van der Waals surface area contributed by atoms with Crippen LogP contribution in [0.3, 0.4) is 0 Å². The monoisotopic (exact) mass is 255 g/mol. The first-order valence-electron chi connectivity index (χ1n) is 4.80. The van der Waals surface area contributed by atoms with E-state index in [0.717, 1.165) is 0 Å². The zero-order valence-corrected chi connectivity index (χ0v) is 10.3. The minimum absolute atomic E-state index is 0.151. The van der Waals surface area contributed by atoms with Crippen molar-refractivity contribution >= 4 is 10.0 Å². The molecule has 0 aromatic carbocycles. The fourth-order valence-electron chi connectivity index (χ4n) is 1.29. The van der Waals surface area contributed by atoms with E-state index < -0.39 is 20.9 Å². The van der Waals surface area contributed by atoms with Gasteiger partial charge in [-0.05, 0) is 26.0 Å². The molecule has 0 aliphatic carbocycles. The second-order valence-corrected chi connectivity index (χ2v) is 5.81. The summed E-state index contributed by atoms with van der Waals surface area (Å²) in [6, 6.07) is 4.73. The first-order valence-corrected chi connectivity index (χ1v) is 6.41. The summed E-state index contributed by atoms with van der Waals surface area (Å²) in [4.78, 5) is 3.86. The van der Waals surface area contributed by atoms with Crippen LogP contribution >= 0.6 is 0 Å². The molecule has 0 fully saturated rings. The van der Waals surface area contributed by atoms with E-state index >= 15 is 0 Å². The number of nitrogens with two attached hydrogens (primary N) is 1. The maximum atomic E-state index is 11.2. The van der Waals surface area contributed by atoms with Crippen molar-refractivity contribution in [2.24, 2.45) is 5.14 Å². The third-order valence-electron chi connectivity index (χ3n) is 2.70. The zero-order valence-electron chi connectivity index (χ0n) is 9.45. The van der Waals surface area contributed by atoms with Crippen molar-refractivity contribution in [1.82, 2.24) is 4.98 Å². The van der Waals surface area contributed by atoms with Crippen LogP contribution in [0.25, 0.3) is 0 Å². The largest absolute Gasteiger partial charge is 0.382 e. The van der Waals surface area contributed by atoms with Gasteiger partial charge < -0.3 is 5.11 Å². The van der Waals surface area contributed by atoms with Crippen LogP contribution in [0.1, 0.15) is 25.1 Å². The van der Waals surface area contributed by atoms with E-state index in [4.69, 9.17) is 10.4 Å². The normalized spacial score (nSPS) is 16.9. The molecule has 17 heavy (non-hydrogen) atoms. The van der Waals surface area contributed by atoms with E-state index in [0.29, 0.717) is 5.56 Å². The Labute approximate surface area is 99.8 Å². The molecule has 0 amide bonds. The number of sulfonamides is 1. The number of hydrogen-bond donors (Lipinski definition) is 2. The van der Waals surface area contributed by atoms with Gasteiger partial charge in [-0.3, -0.25) is 4.98 Å². The summed E-state index contributed by atoms with van der Waals surface area (Å²) < 4.78 is 22.4. The number of rotatable bonds is 3. The van der Waals surface area contributed by atoms with E-state index in [2.05, 4.69) is 4.98 Å². The molecule has 0 saturated heterocycles. The van der Waals surface area contributed by atoms with Crippen LogP contribution in [-0.4, -0.2) is 23.8 Å². The van der Waals surface area contributed by atoms with Crippen LogP contribution in [0.2, 0.25) is 0 Å². The maximum Gasteiger partial charge on any atom is 0.214 e. The highest BCUT2D eigenvalue weighted by molar-refractivity contribution is 7.89. The molecule has 0 saturated carbocycles. The number of nitrogens with zero attached hydrogens (tertiary/aromatic N) is 2. The number of nitriles is 1. The van der Waals surface area contributed by atoms with Gasteiger partial charge in [-0.15, -0.1) is 0 Å². The van der Waals surface area contributed by atoms with Gasteiger partial charge in [0.15, 0.2) is 0 Å². The van der Waals surface area contributed by atoms with Crippen LogP contribution < -0.4 is 5.14 Å². The molecule has 1 heterocycles. The van der Waals surface area contributed by atoms with Gasteiger partial charge in [-0.25, -0.2) is 13.6 Å². The fraction of sp³-hybridized carbons (Fsp3) is 0.400. The smallest absolute Gasteiger partial charge is 0.214 e. The molecule has 3 N–H and O–H groups in total. The van der Waals surface area contributed by atoms with Crippen molar-refractivity contribution in [3.63, 3.8) is 0 Å². The first kappa shape index (κ1) is 13.6. The summed E-state index contributed by atoms with van der Waals surface area (Å²) >= 11 is 0. The Balaban J connectivity index is 3.18. The number of aromatic nitrogens is 1. The van der Waals surface area contributed by atoms with Crippen molar-refractivity contribution < 1.29 is 13.5 Å². The quantitative estimate of drug-likeness (QED) is 0.778. The third kappa shape index (κ3) is 2.79. The molecule has 2 atom stereocenters. The predicted octanol–water partition coefficient (Wildman–Crippen LogP) is -0.162. The summed E-state index contributed by atoms with van der Waals surface area (Å²) in [5, 5.41) is 22.5. The minimum Gasteiger partial charge on any atom is -0.382 e. The molecule has 1 rings (SSSR count). The summed E-state index contributed by atoms with van der Waals surface area (Å²) in [6.45, 7) is 2.62. The van der Waals surface area contributed by atoms with Crippen molar-refractivity contribution in [3.8, 4) is 6.07 Å². The molecule has 0 aliphatic heterocycles. The average Bonchev–Trinajstić information content (AvgIpc) is 2.27. The van der Waals surface area contributed by atoms with Gasteiger partial charge in [0, 0.05) is 6.20 Å². The SMILES string of the molecule is C[C@H]([C@@](C)(O)c1ccc(C#N)cn1)S(N)(=O)=O. The Kier molecular flexibility index (Phi) is 3.52. The number of aliphatic hydroxyl groups is 1. The fourth-order valence-corrected chi connectivity index (χ4v) is 2.05. The lowest BCUT2D eigenvalue weighted by atomic mass is 9.97. The Morgan fingerprint density at radius 2 is 2.18 bits per heavy atom. The second kappa shape index (κ2) is 4.41. The average molecular weight is 255 g/mol. The van der Waals surface area contributed by atoms with Crippen LogP contribution in [0.5, 0.6) is 0 Å². The van der Waals surface area contributed by atoms with Gasteiger partial charge in [0.1, 0.15) is 16.9 Å². The molecular formula is C10H13N3O3S. The van der Waals surface area contributed by atoms with Crippen molar-refractivity contribution in [2.45, 2.75) is 24.7 Å². The molecule has 7 heteroatoms. The van der Waals surface area contributed by atoms with Crippen LogP contribution in [-0.2, 0) is 15.6 Å². The molecule has 92 valence electrons. The summed E-state index contributed by atoms with van der Waals surface area (Å²) in [5.74, 6) is 0. The third-order valence-corrected chi connectivity index (χ3v) is 4.14. The van der Waals surface area contributed by atoms with Gasteiger partial charge in [0.2, 0.25) is 10.0 Å². The zero-order chi connectivity index (χ0) is 13.3. The topological polar surface area (TPSA) is 117 Å². The van der Waals surface area contributed by atoms with Crippen molar-refractivity contribution in [2.75, 3.05) is 0 Å². The Hall–Kier alpha value is -1.49. The standard InChI is InChI=1S/C10H13N3O3S/c1-7(17(12,15)16)10(2,14)9-4-3-8(5-11)6-13-9/h3-4,6-7,14H,1-2H3,(H2,12,15,16)/t7-,10-/m1/s1. The number of primary sulfonamides is 1. The molecule has 1 aromatic rings. The lowest BCUT2D eigenvalue weighted by Crippen LogP contribution is -2.43. The lowest BCUT2D eigenvalue weighted by molar-refractivity contribution is 0.0519. The van der Waals surface area contributed by atoms with Gasteiger partial charge in [0.05, 0.1) is 11.3 Å². The van der Waals surface area contributed by atoms with E-state index in [-0.39, 0.29) is 5.69 Å². The van der Waals surface area contributed by atoms with Crippen LogP contribution in [0, 0.1) is 11.3 Å². The Morgan fingerprint density at radius 1 is 1.59 bits per heavy atom. The number of hydrogen-bond acceptors (Lipinski definition) is 5. The van der Waals surface area contributed by atoms with Gasteiger partial charge in [-0.1, -0.05) is 0 Å². The molecule has 0 unspecified atom stereocenters.